The Bertz CT molecular complexity index is 801. The molecule has 0 unspecified atom stereocenters. The summed E-state index contributed by atoms with van der Waals surface area (Å²) in [6.07, 6.45) is 0. The molecule has 0 saturated heterocycles. The molecule has 0 saturated carbocycles. The van der Waals surface area contributed by atoms with Gasteiger partial charge in [0.2, 0.25) is 11.7 Å². The molecule has 0 atom stereocenters. The van der Waals surface area contributed by atoms with Gasteiger partial charge in [0, 0.05) is 36.6 Å². The molecule has 0 aliphatic heterocycles. The number of rotatable bonds is 9. The number of aromatic nitrogens is 2. The number of nitrogens with one attached hydrogen (secondary N) is 2. The predicted molar refractivity (Wildman–Crippen MR) is 108 cm³/mol. The summed E-state index contributed by atoms with van der Waals surface area (Å²) in [4.78, 5) is 23.4. The van der Waals surface area contributed by atoms with Gasteiger partial charge in [0.25, 0.3) is 5.91 Å². The maximum Gasteiger partial charge on any atom is 0.274 e. The molecule has 2 N–H and O–H groups in total. The second kappa shape index (κ2) is 9.75. The number of ether oxygens (including phenoxy) is 3. The van der Waals surface area contributed by atoms with Crippen LogP contribution in [-0.4, -0.2) is 69.3 Å². The van der Waals surface area contributed by atoms with Crippen LogP contribution in [0.25, 0.3) is 0 Å². The van der Waals surface area contributed by atoms with Crippen molar-refractivity contribution in [1.82, 2.24) is 14.9 Å². The van der Waals surface area contributed by atoms with Gasteiger partial charge >= 0.3 is 0 Å². The summed E-state index contributed by atoms with van der Waals surface area (Å²) in [6, 6.07) is 4.94. The van der Waals surface area contributed by atoms with Crippen LogP contribution in [0.1, 0.15) is 16.2 Å². The first-order valence-corrected chi connectivity index (χ1v) is 8.73. The summed E-state index contributed by atoms with van der Waals surface area (Å²) in [7, 11) is 8.52. The Labute approximate surface area is 165 Å². The first-order valence-electron chi connectivity index (χ1n) is 8.73. The summed E-state index contributed by atoms with van der Waals surface area (Å²) in [5.74, 6) is 1.39. The SMILES string of the molecule is COc1cc(NC(=O)c2cc(C)nc(NCCN(C)C)n2)cc(OC)c1OC. The van der Waals surface area contributed by atoms with Crippen molar-refractivity contribution < 1.29 is 19.0 Å². The first kappa shape index (κ1) is 21.2. The van der Waals surface area contributed by atoms with E-state index in [9.17, 15) is 4.79 Å². The summed E-state index contributed by atoms with van der Waals surface area (Å²) in [5.41, 5.74) is 1.45. The Kier molecular flexibility index (Phi) is 7.39. The quantitative estimate of drug-likeness (QED) is 0.672. The number of methoxy groups -OCH3 is 3. The van der Waals surface area contributed by atoms with Crippen molar-refractivity contribution >= 4 is 17.5 Å². The Balaban J connectivity index is 2.21. The van der Waals surface area contributed by atoms with Crippen LogP contribution in [0.5, 0.6) is 17.2 Å². The van der Waals surface area contributed by atoms with Gasteiger partial charge in [-0.1, -0.05) is 0 Å². The molecule has 1 aromatic carbocycles. The number of anilines is 2. The van der Waals surface area contributed by atoms with Crippen molar-refractivity contribution in [1.29, 1.82) is 0 Å². The third-order valence-corrected chi connectivity index (χ3v) is 3.85. The fourth-order valence-electron chi connectivity index (χ4n) is 2.50. The van der Waals surface area contributed by atoms with Gasteiger partial charge in [0.1, 0.15) is 5.69 Å². The van der Waals surface area contributed by atoms with Crippen molar-refractivity contribution in [2.24, 2.45) is 0 Å². The van der Waals surface area contributed by atoms with E-state index in [1.54, 1.807) is 18.2 Å². The monoisotopic (exact) mass is 389 g/mol. The number of hydrogen-bond donors (Lipinski definition) is 2. The molecule has 9 nitrogen and oxygen atoms in total. The van der Waals surface area contributed by atoms with Gasteiger partial charge in [-0.05, 0) is 27.1 Å². The van der Waals surface area contributed by atoms with E-state index in [1.165, 1.54) is 21.3 Å². The van der Waals surface area contributed by atoms with Crippen molar-refractivity contribution in [2.75, 3.05) is 59.1 Å². The molecule has 152 valence electrons. The van der Waals surface area contributed by atoms with Crippen molar-refractivity contribution in [3.05, 3.63) is 29.6 Å². The Morgan fingerprint density at radius 1 is 1.04 bits per heavy atom. The smallest absolute Gasteiger partial charge is 0.274 e. The lowest BCUT2D eigenvalue weighted by Crippen LogP contribution is -2.22. The fraction of sp³-hybridized carbons (Fsp3) is 0.421. The van der Waals surface area contributed by atoms with E-state index in [2.05, 4.69) is 20.6 Å². The zero-order valence-corrected chi connectivity index (χ0v) is 17.1. The second-order valence-corrected chi connectivity index (χ2v) is 6.32. The number of nitrogens with zero attached hydrogens (tertiary/aromatic N) is 3. The fourth-order valence-corrected chi connectivity index (χ4v) is 2.50. The number of carbonyl (C=O) groups excluding carboxylic acids is 1. The zero-order valence-electron chi connectivity index (χ0n) is 17.1. The molecule has 2 rings (SSSR count). The number of hydrogen-bond acceptors (Lipinski definition) is 8. The number of amides is 1. The van der Waals surface area contributed by atoms with Gasteiger partial charge in [-0.25, -0.2) is 9.97 Å². The van der Waals surface area contributed by atoms with Crippen LogP contribution in [0.2, 0.25) is 0 Å². The second-order valence-electron chi connectivity index (χ2n) is 6.32. The molecule has 0 spiro atoms. The van der Waals surface area contributed by atoms with Crippen LogP contribution in [0, 0.1) is 6.92 Å². The minimum absolute atomic E-state index is 0.258. The largest absolute Gasteiger partial charge is 0.493 e. The van der Waals surface area contributed by atoms with E-state index in [0.717, 1.165) is 6.54 Å². The minimum Gasteiger partial charge on any atom is -0.493 e. The summed E-state index contributed by atoms with van der Waals surface area (Å²) in [5, 5.41) is 5.93. The van der Waals surface area contributed by atoms with E-state index in [4.69, 9.17) is 14.2 Å². The molecule has 1 heterocycles. The molecule has 0 bridgehead atoms. The lowest BCUT2D eigenvalue weighted by atomic mass is 10.2. The van der Waals surface area contributed by atoms with Crippen LogP contribution in [-0.2, 0) is 0 Å². The van der Waals surface area contributed by atoms with Gasteiger partial charge in [-0.2, -0.15) is 0 Å². The van der Waals surface area contributed by atoms with Gasteiger partial charge in [-0.3, -0.25) is 4.79 Å². The highest BCUT2D eigenvalue weighted by atomic mass is 16.5. The first-order chi connectivity index (χ1) is 13.4. The lowest BCUT2D eigenvalue weighted by molar-refractivity contribution is 0.102. The molecule has 1 amide bonds. The molecule has 9 heteroatoms. The molecule has 28 heavy (non-hydrogen) atoms. The highest BCUT2D eigenvalue weighted by Crippen LogP contribution is 2.39. The maximum atomic E-state index is 12.7. The van der Waals surface area contributed by atoms with E-state index in [-0.39, 0.29) is 11.6 Å². The van der Waals surface area contributed by atoms with E-state index in [0.29, 0.717) is 41.1 Å². The van der Waals surface area contributed by atoms with E-state index >= 15 is 0 Å². The Hall–Kier alpha value is -3.07. The Morgan fingerprint density at radius 2 is 1.68 bits per heavy atom. The molecule has 0 aliphatic carbocycles. The number of benzene rings is 1. The van der Waals surface area contributed by atoms with Crippen LogP contribution in [0.3, 0.4) is 0 Å². The van der Waals surface area contributed by atoms with Gasteiger partial charge < -0.3 is 29.7 Å². The maximum absolute atomic E-state index is 12.7. The standard InChI is InChI=1S/C19H27N5O4/c1-12-9-14(23-19(21-12)20-7-8-24(2)3)18(25)22-13-10-15(26-4)17(28-6)16(11-13)27-5/h9-11H,7-8H2,1-6H3,(H,22,25)(H,20,21,23). The highest BCUT2D eigenvalue weighted by molar-refractivity contribution is 6.03. The number of aryl methyl sites for hydroxylation is 1. The van der Waals surface area contributed by atoms with E-state index < -0.39 is 0 Å². The summed E-state index contributed by atoms with van der Waals surface area (Å²) < 4.78 is 15.9. The lowest BCUT2D eigenvalue weighted by Gasteiger charge is -2.15. The molecule has 0 aliphatic rings. The van der Waals surface area contributed by atoms with Crippen LogP contribution < -0.4 is 24.8 Å². The van der Waals surface area contributed by atoms with Crippen LogP contribution >= 0.6 is 0 Å². The van der Waals surface area contributed by atoms with Crippen LogP contribution in [0.4, 0.5) is 11.6 Å². The zero-order chi connectivity index (χ0) is 20.7. The molecule has 0 fully saturated rings. The van der Waals surface area contributed by atoms with Gasteiger partial charge in [0.05, 0.1) is 21.3 Å². The molecule has 0 radical (unpaired) electrons. The number of carbonyl (C=O) groups is 1. The minimum atomic E-state index is -0.365. The summed E-state index contributed by atoms with van der Waals surface area (Å²) in [6.45, 7) is 3.31. The van der Waals surface area contributed by atoms with Crippen molar-refractivity contribution in [3.8, 4) is 17.2 Å². The Morgan fingerprint density at radius 3 is 2.21 bits per heavy atom. The van der Waals surface area contributed by atoms with Crippen LogP contribution in [0.15, 0.2) is 18.2 Å². The average molecular weight is 389 g/mol. The average Bonchev–Trinajstić information content (AvgIpc) is 2.66. The predicted octanol–water partition coefficient (Wildman–Crippen LogP) is 2.04. The topological polar surface area (TPSA) is 97.8 Å². The third-order valence-electron chi connectivity index (χ3n) is 3.85. The molecule has 1 aromatic heterocycles. The van der Waals surface area contributed by atoms with E-state index in [1.807, 2.05) is 25.9 Å². The van der Waals surface area contributed by atoms with Crippen molar-refractivity contribution in [2.45, 2.75) is 6.92 Å². The van der Waals surface area contributed by atoms with Gasteiger partial charge in [0.15, 0.2) is 11.5 Å². The number of likely N-dealkylation sites (N-methyl/N-ethyl adjacent to an activating group) is 1. The third kappa shape index (κ3) is 5.46. The van der Waals surface area contributed by atoms with Crippen molar-refractivity contribution in [3.63, 3.8) is 0 Å². The normalized spacial score (nSPS) is 10.5. The molecular weight excluding hydrogens is 362 g/mol. The molecular formula is C19H27N5O4. The van der Waals surface area contributed by atoms with Gasteiger partial charge in [-0.15, -0.1) is 0 Å². The summed E-state index contributed by atoms with van der Waals surface area (Å²) >= 11 is 0. The highest BCUT2D eigenvalue weighted by Gasteiger charge is 2.16. The molecule has 2 aromatic rings.